The van der Waals surface area contributed by atoms with E-state index in [-0.39, 0.29) is 5.76 Å². The Morgan fingerprint density at radius 3 is 2.50 bits per heavy atom. The molecule has 0 saturated carbocycles. The van der Waals surface area contributed by atoms with Crippen LogP contribution in [0.1, 0.15) is 6.92 Å². The zero-order valence-electron chi connectivity index (χ0n) is 10.3. The van der Waals surface area contributed by atoms with E-state index in [1.807, 2.05) is 42.5 Å². The Labute approximate surface area is 106 Å². The van der Waals surface area contributed by atoms with Gasteiger partial charge in [0, 0.05) is 0 Å². The lowest BCUT2D eigenvalue weighted by molar-refractivity contribution is -0.138. The van der Waals surface area contributed by atoms with Crippen LogP contribution in [0.25, 0.3) is 10.8 Å². The summed E-state index contributed by atoms with van der Waals surface area (Å²) in [5, 5.41) is 2.19. The fourth-order valence-electron chi connectivity index (χ4n) is 1.68. The Hall–Kier alpha value is -2.29. The molecule has 0 unspecified atom stereocenters. The van der Waals surface area contributed by atoms with E-state index in [4.69, 9.17) is 4.74 Å². The van der Waals surface area contributed by atoms with Crippen molar-refractivity contribution >= 4 is 16.7 Å². The minimum Gasteiger partial charge on any atom is -0.463 e. The van der Waals surface area contributed by atoms with Crippen LogP contribution in [0.2, 0.25) is 0 Å². The van der Waals surface area contributed by atoms with Crippen molar-refractivity contribution in [3.8, 4) is 5.75 Å². The van der Waals surface area contributed by atoms with Gasteiger partial charge in [0.05, 0.1) is 7.11 Å². The molecule has 0 heterocycles. The number of esters is 1. The lowest BCUT2D eigenvalue weighted by Crippen LogP contribution is -2.10. The van der Waals surface area contributed by atoms with Crippen molar-refractivity contribution in [2.75, 3.05) is 7.11 Å². The minimum absolute atomic E-state index is 0.188. The lowest BCUT2D eigenvalue weighted by atomic mass is 10.1. The standard InChI is InChI=1S/C15H14O3/c1-3-14(15(16)17-2)18-13-9-8-11-6-4-5-7-12(11)10-13/h3-10H,1-2H3/b14-3-. The average molecular weight is 242 g/mol. The summed E-state index contributed by atoms with van der Waals surface area (Å²) in [4.78, 5) is 11.4. The maximum atomic E-state index is 11.4. The molecular weight excluding hydrogens is 228 g/mol. The highest BCUT2D eigenvalue weighted by Crippen LogP contribution is 2.22. The second-order valence-electron chi connectivity index (χ2n) is 3.76. The van der Waals surface area contributed by atoms with Gasteiger partial charge in [0.15, 0.2) is 0 Å². The van der Waals surface area contributed by atoms with E-state index in [9.17, 15) is 4.79 Å². The van der Waals surface area contributed by atoms with E-state index >= 15 is 0 Å². The maximum Gasteiger partial charge on any atom is 0.373 e. The summed E-state index contributed by atoms with van der Waals surface area (Å²) in [6.07, 6.45) is 1.58. The fourth-order valence-corrected chi connectivity index (χ4v) is 1.68. The third-order valence-electron chi connectivity index (χ3n) is 2.60. The van der Waals surface area contributed by atoms with Crippen LogP contribution in [0.15, 0.2) is 54.3 Å². The molecule has 92 valence electrons. The van der Waals surface area contributed by atoms with Gasteiger partial charge < -0.3 is 9.47 Å². The van der Waals surface area contributed by atoms with Crippen molar-refractivity contribution in [2.24, 2.45) is 0 Å². The van der Waals surface area contributed by atoms with Crippen molar-refractivity contribution in [1.29, 1.82) is 0 Å². The molecule has 0 bridgehead atoms. The topological polar surface area (TPSA) is 35.5 Å². The van der Waals surface area contributed by atoms with Crippen LogP contribution in [-0.2, 0) is 9.53 Å². The van der Waals surface area contributed by atoms with Gasteiger partial charge in [0.25, 0.3) is 0 Å². The molecule has 3 heteroatoms. The first-order valence-corrected chi connectivity index (χ1v) is 5.66. The first-order chi connectivity index (χ1) is 8.74. The summed E-state index contributed by atoms with van der Waals surface area (Å²) in [6, 6.07) is 13.6. The predicted octanol–water partition coefficient (Wildman–Crippen LogP) is 3.30. The Kier molecular flexibility index (Phi) is 3.63. The van der Waals surface area contributed by atoms with Gasteiger partial charge in [-0.1, -0.05) is 30.3 Å². The molecular formula is C15H14O3. The van der Waals surface area contributed by atoms with Crippen LogP contribution in [-0.4, -0.2) is 13.1 Å². The first kappa shape index (κ1) is 12.2. The number of rotatable bonds is 3. The zero-order chi connectivity index (χ0) is 13.0. The molecule has 0 atom stereocenters. The molecule has 0 saturated heterocycles. The molecule has 2 aromatic rings. The van der Waals surface area contributed by atoms with Crippen molar-refractivity contribution in [2.45, 2.75) is 6.92 Å². The average Bonchev–Trinajstić information content (AvgIpc) is 2.43. The Balaban J connectivity index is 2.29. The molecule has 2 aromatic carbocycles. The van der Waals surface area contributed by atoms with Crippen LogP contribution in [0.5, 0.6) is 5.75 Å². The fraction of sp³-hybridized carbons (Fsp3) is 0.133. The lowest BCUT2D eigenvalue weighted by Gasteiger charge is -2.08. The highest BCUT2D eigenvalue weighted by Gasteiger charge is 2.11. The second kappa shape index (κ2) is 5.36. The number of hydrogen-bond acceptors (Lipinski definition) is 3. The molecule has 0 aliphatic carbocycles. The molecule has 2 rings (SSSR count). The SMILES string of the molecule is C/C=C(\Oc1ccc2ccccc2c1)C(=O)OC. The first-order valence-electron chi connectivity index (χ1n) is 5.66. The number of carbonyl (C=O) groups is 1. The molecule has 0 spiro atoms. The van der Waals surface area contributed by atoms with Gasteiger partial charge in [-0.3, -0.25) is 0 Å². The van der Waals surface area contributed by atoms with Gasteiger partial charge in [-0.25, -0.2) is 4.79 Å². The monoisotopic (exact) mass is 242 g/mol. The number of benzene rings is 2. The Morgan fingerprint density at radius 1 is 1.11 bits per heavy atom. The molecule has 0 aliphatic rings. The molecule has 0 amide bonds. The summed E-state index contributed by atoms with van der Waals surface area (Å²) in [6.45, 7) is 1.73. The number of hydrogen-bond donors (Lipinski definition) is 0. The van der Waals surface area contributed by atoms with Crippen molar-refractivity contribution in [1.82, 2.24) is 0 Å². The van der Waals surface area contributed by atoms with E-state index < -0.39 is 5.97 Å². The Bertz CT molecular complexity index is 599. The molecule has 18 heavy (non-hydrogen) atoms. The van der Waals surface area contributed by atoms with E-state index in [0.717, 1.165) is 10.8 Å². The third-order valence-corrected chi connectivity index (χ3v) is 2.60. The smallest absolute Gasteiger partial charge is 0.373 e. The maximum absolute atomic E-state index is 11.4. The minimum atomic E-state index is -0.481. The van der Waals surface area contributed by atoms with Gasteiger partial charge in [-0.2, -0.15) is 0 Å². The highest BCUT2D eigenvalue weighted by molar-refractivity contribution is 5.87. The van der Waals surface area contributed by atoms with Crippen LogP contribution in [0.3, 0.4) is 0 Å². The molecule has 3 nitrogen and oxygen atoms in total. The third kappa shape index (κ3) is 2.51. The quantitative estimate of drug-likeness (QED) is 0.470. The molecule has 0 N–H and O–H groups in total. The van der Waals surface area contributed by atoms with Crippen molar-refractivity contribution in [3.05, 3.63) is 54.3 Å². The van der Waals surface area contributed by atoms with Crippen LogP contribution < -0.4 is 4.74 Å². The summed E-state index contributed by atoms with van der Waals surface area (Å²) >= 11 is 0. The van der Waals surface area contributed by atoms with Crippen LogP contribution in [0.4, 0.5) is 0 Å². The summed E-state index contributed by atoms with van der Waals surface area (Å²) in [5.41, 5.74) is 0. The van der Waals surface area contributed by atoms with E-state index in [2.05, 4.69) is 4.74 Å². The highest BCUT2D eigenvalue weighted by atomic mass is 16.6. The van der Waals surface area contributed by atoms with Gasteiger partial charge in [0.2, 0.25) is 5.76 Å². The second-order valence-corrected chi connectivity index (χ2v) is 3.76. The van der Waals surface area contributed by atoms with E-state index in [0.29, 0.717) is 5.75 Å². The summed E-state index contributed by atoms with van der Waals surface area (Å²) < 4.78 is 10.1. The van der Waals surface area contributed by atoms with Gasteiger partial charge >= 0.3 is 5.97 Å². The molecule has 0 aliphatic heterocycles. The normalized spacial score (nSPS) is 11.3. The number of methoxy groups -OCH3 is 1. The summed E-state index contributed by atoms with van der Waals surface area (Å²) in [5.74, 6) is 0.325. The van der Waals surface area contributed by atoms with Gasteiger partial charge in [-0.15, -0.1) is 0 Å². The van der Waals surface area contributed by atoms with Gasteiger partial charge in [0.1, 0.15) is 5.75 Å². The zero-order valence-corrected chi connectivity index (χ0v) is 10.3. The van der Waals surface area contributed by atoms with E-state index in [1.165, 1.54) is 7.11 Å². The number of carbonyl (C=O) groups excluding carboxylic acids is 1. The largest absolute Gasteiger partial charge is 0.463 e. The van der Waals surface area contributed by atoms with Crippen LogP contribution in [0, 0.1) is 0 Å². The van der Waals surface area contributed by atoms with Crippen molar-refractivity contribution in [3.63, 3.8) is 0 Å². The molecule has 0 radical (unpaired) electrons. The molecule has 0 aromatic heterocycles. The van der Waals surface area contributed by atoms with E-state index in [1.54, 1.807) is 13.0 Å². The number of ether oxygens (including phenoxy) is 2. The Morgan fingerprint density at radius 2 is 1.83 bits per heavy atom. The number of fused-ring (bicyclic) bond motifs is 1. The van der Waals surface area contributed by atoms with Crippen molar-refractivity contribution < 1.29 is 14.3 Å². The van der Waals surface area contributed by atoms with Gasteiger partial charge in [-0.05, 0) is 35.9 Å². The number of allylic oxidation sites excluding steroid dienone is 1. The van der Waals surface area contributed by atoms with Crippen LogP contribution >= 0.6 is 0 Å². The summed E-state index contributed by atoms with van der Waals surface area (Å²) in [7, 11) is 1.33. The predicted molar refractivity (Wildman–Crippen MR) is 70.3 cm³/mol. The molecule has 0 fully saturated rings.